The molecule has 0 radical (unpaired) electrons. The van der Waals surface area contributed by atoms with Crippen molar-refractivity contribution in [3.63, 3.8) is 0 Å². The molecule has 100 valence electrons. The molecule has 0 saturated heterocycles. The van der Waals surface area contributed by atoms with E-state index in [2.05, 4.69) is 60.8 Å². The Kier molecular flexibility index (Phi) is 6.22. The zero-order valence-electron chi connectivity index (χ0n) is 11.5. The maximum absolute atomic E-state index is 5.41. The van der Waals surface area contributed by atoms with E-state index >= 15 is 0 Å². The molecule has 4 N–H and O–H groups in total. The monoisotopic (exact) mass is 248 g/mol. The lowest BCUT2D eigenvalue weighted by Gasteiger charge is -2.13. The number of benzene rings is 1. The first-order valence-corrected chi connectivity index (χ1v) is 6.46. The third-order valence-corrected chi connectivity index (χ3v) is 2.76. The van der Waals surface area contributed by atoms with E-state index in [4.69, 9.17) is 5.84 Å². The van der Waals surface area contributed by atoms with Gasteiger partial charge in [-0.2, -0.15) is 0 Å². The number of aliphatic imine (C=N–C) groups is 1. The number of hydrogen-bond acceptors (Lipinski definition) is 2. The van der Waals surface area contributed by atoms with Crippen molar-refractivity contribution < 1.29 is 0 Å². The van der Waals surface area contributed by atoms with Crippen molar-refractivity contribution in [2.75, 3.05) is 6.54 Å². The van der Waals surface area contributed by atoms with Gasteiger partial charge < -0.3 is 5.32 Å². The van der Waals surface area contributed by atoms with Crippen LogP contribution in [0.2, 0.25) is 0 Å². The molecule has 0 heterocycles. The molecule has 1 rings (SSSR count). The van der Waals surface area contributed by atoms with Crippen LogP contribution in [-0.4, -0.2) is 18.5 Å². The standard InChI is InChI=1S/C14H24N4/c1-11(2)17-14(18-15)16-10-9-12(3)13-7-5-4-6-8-13/h4-8,11-12H,9-10,15H2,1-3H3,(H2,16,17,18). The summed E-state index contributed by atoms with van der Waals surface area (Å²) in [6, 6.07) is 10.8. The molecule has 0 bridgehead atoms. The van der Waals surface area contributed by atoms with Crippen molar-refractivity contribution in [1.82, 2.24) is 10.7 Å². The number of hydrogen-bond donors (Lipinski definition) is 3. The van der Waals surface area contributed by atoms with Gasteiger partial charge in [-0.3, -0.25) is 10.4 Å². The largest absolute Gasteiger partial charge is 0.353 e. The number of hydrazine groups is 1. The summed E-state index contributed by atoms with van der Waals surface area (Å²) in [6.07, 6.45) is 1.01. The molecule has 1 unspecified atom stereocenters. The van der Waals surface area contributed by atoms with Crippen molar-refractivity contribution in [3.8, 4) is 0 Å². The van der Waals surface area contributed by atoms with E-state index in [9.17, 15) is 0 Å². The number of nitrogens with zero attached hydrogens (tertiary/aromatic N) is 1. The molecule has 1 aromatic rings. The first-order valence-electron chi connectivity index (χ1n) is 6.46. The number of nitrogens with one attached hydrogen (secondary N) is 2. The van der Waals surface area contributed by atoms with Gasteiger partial charge in [-0.05, 0) is 31.7 Å². The fourth-order valence-electron chi connectivity index (χ4n) is 1.72. The fraction of sp³-hybridized carbons (Fsp3) is 0.500. The SMILES string of the molecule is CC(C)NC(=NCCC(C)c1ccccc1)NN. The number of nitrogens with two attached hydrogens (primary N) is 1. The lowest BCUT2D eigenvalue weighted by molar-refractivity contribution is 0.670. The molecule has 0 amide bonds. The molecule has 0 aliphatic carbocycles. The van der Waals surface area contributed by atoms with Crippen molar-refractivity contribution in [1.29, 1.82) is 0 Å². The van der Waals surface area contributed by atoms with Gasteiger partial charge in [0.05, 0.1) is 0 Å². The molecule has 1 atom stereocenters. The quantitative estimate of drug-likeness (QED) is 0.323. The van der Waals surface area contributed by atoms with Crippen molar-refractivity contribution >= 4 is 5.96 Å². The third kappa shape index (κ3) is 5.19. The summed E-state index contributed by atoms with van der Waals surface area (Å²) < 4.78 is 0. The molecule has 18 heavy (non-hydrogen) atoms. The van der Waals surface area contributed by atoms with Gasteiger partial charge in [-0.25, -0.2) is 5.84 Å². The predicted octanol–water partition coefficient (Wildman–Crippen LogP) is 2.00. The smallest absolute Gasteiger partial charge is 0.205 e. The second kappa shape index (κ2) is 7.71. The molecular formula is C14H24N4. The Balaban J connectivity index is 2.42. The van der Waals surface area contributed by atoms with Gasteiger partial charge in [0.15, 0.2) is 0 Å². The normalized spacial score (nSPS) is 13.5. The third-order valence-electron chi connectivity index (χ3n) is 2.76. The molecule has 4 heteroatoms. The average Bonchev–Trinajstić information content (AvgIpc) is 2.38. The van der Waals surface area contributed by atoms with E-state index in [0.717, 1.165) is 13.0 Å². The van der Waals surface area contributed by atoms with Crippen LogP contribution >= 0.6 is 0 Å². The van der Waals surface area contributed by atoms with Gasteiger partial charge >= 0.3 is 0 Å². The Bertz CT molecular complexity index is 359. The summed E-state index contributed by atoms with van der Waals surface area (Å²) >= 11 is 0. The number of guanidine groups is 1. The summed E-state index contributed by atoms with van der Waals surface area (Å²) in [6.45, 7) is 7.09. The van der Waals surface area contributed by atoms with E-state index < -0.39 is 0 Å². The van der Waals surface area contributed by atoms with E-state index in [0.29, 0.717) is 17.9 Å². The number of rotatable bonds is 5. The van der Waals surface area contributed by atoms with Gasteiger partial charge in [0.2, 0.25) is 5.96 Å². The van der Waals surface area contributed by atoms with Crippen LogP contribution in [0.4, 0.5) is 0 Å². The minimum absolute atomic E-state index is 0.325. The van der Waals surface area contributed by atoms with Gasteiger partial charge in [-0.1, -0.05) is 37.3 Å². The van der Waals surface area contributed by atoms with Crippen LogP contribution in [0.1, 0.15) is 38.7 Å². The summed E-state index contributed by atoms with van der Waals surface area (Å²) in [5.74, 6) is 6.57. The Morgan fingerprint density at radius 3 is 2.44 bits per heavy atom. The minimum Gasteiger partial charge on any atom is -0.353 e. The van der Waals surface area contributed by atoms with E-state index in [1.165, 1.54) is 5.56 Å². The van der Waals surface area contributed by atoms with Crippen LogP contribution in [0, 0.1) is 0 Å². The van der Waals surface area contributed by atoms with Crippen molar-refractivity contribution in [3.05, 3.63) is 35.9 Å². The maximum atomic E-state index is 5.41. The molecule has 1 aromatic carbocycles. The Morgan fingerprint density at radius 2 is 1.89 bits per heavy atom. The Hall–Kier alpha value is -1.55. The molecular weight excluding hydrogens is 224 g/mol. The molecule has 0 aliphatic heterocycles. The predicted molar refractivity (Wildman–Crippen MR) is 77.4 cm³/mol. The first kappa shape index (κ1) is 14.5. The van der Waals surface area contributed by atoms with Crippen LogP contribution < -0.4 is 16.6 Å². The van der Waals surface area contributed by atoms with Gasteiger partial charge in [0, 0.05) is 12.6 Å². The van der Waals surface area contributed by atoms with Gasteiger partial charge in [-0.15, -0.1) is 0 Å². The van der Waals surface area contributed by atoms with Crippen LogP contribution in [0.25, 0.3) is 0 Å². The highest BCUT2D eigenvalue weighted by Gasteiger charge is 2.04. The van der Waals surface area contributed by atoms with Gasteiger partial charge in [0.1, 0.15) is 0 Å². The minimum atomic E-state index is 0.325. The van der Waals surface area contributed by atoms with Crippen LogP contribution in [-0.2, 0) is 0 Å². The van der Waals surface area contributed by atoms with Gasteiger partial charge in [0.25, 0.3) is 0 Å². The molecule has 0 aromatic heterocycles. The van der Waals surface area contributed by atoms with Crippen LogP contribution in [0.3, 0.4) is 0 Å². The molecule has 0 saturated carbocycles. The summed E-state index contributed by atoms with van der Waals surface area (Å²) in [4.78, 5) is 4.42. The van der Waals surface area contributed by atoms with Crippen LogP contribution in [0.5, 0.6) is 0 Å². The summed E-state index contributed by atoms with van der Waals surface area (Å²) in [5.41, 5.74) is 3.94. The second-order valence-electron chi connectivity index (χ2n) is 4.77. The Morgan fingerprint density at radius 1 is 1.22 bits per heavy atom. The molecule has 0 aliphatic rings. The molecule has 0 spiro atoms. The maximum Gasteiger partial charge on any atom is 0.205 e. The van der Waals surface area contributed by atoms with E-state index in [1.807, 2.05) is 6.07 Å². The molecule has 4 nitrogen and oxygen atoms in total. The van der Waals surface area contributed by atoms with Crippen molar-refractivity contribution in [2.24, 2.45) is 10.8 Å². The Labute approximate surface area is 110 Å². The zero-order chi connectivity index (χ0) is 13.4. The summed E-state index contributed by atoms with van der Waals surface area (Å²) in [5, 5.41) is 3.16. The van der Waals surface area contributed by atoms with E-state index in [1.54, 1.807) is 0 Å². The lowest BCUT2D eigenvalue weighted by Crippen LogP contribution is -2.44. The highest BCUT2D eigenvalue weighted by atomic mass is 15.3. The summed E-state index contributed by atoms with van der Waals surface area (Å²) in [7, 11) is 0. The average molecular weight is 248 g/mol. The highest BCUT2D eigenvalue weighted by molar-refractivity contribution is 5.79. The fourth-order valence-corrected chi connectivity index (χ4v) is 1.72. The topological polar surface area (TPSA) is 62.4 Å². The van der Waals surface area contributed by atoms with Crippen molar-refractivity contribution in [2.45, 2.75) is 39.2 Å². The molecule has 0 fully saturated rings. The lowest BCUT2D eigenvalue weighted by atomic mass is 9.98. The zero-order valence-corrected chi connectivity index (χ0v) is 11.5. The first-order chi connectivity index (χ1) is 8.63. The van der Waals surface area contributed by atoms with Crippen LogP contribution in [0.15, 0.2) is 35.3 Å². The second-order valence-corrected chi connectivity index (χ2v) is 4.77. The highest BCUT2D eigenvalue weighted by Crippen LogP contribution is 2.17. The van der Waals surface area contributed by atoms with E-state index in [-0.39, 0.29) is 0 Å².